The summed E-state index contributed by atoms with van der Waals surface area (Å²) in [5.74, 6) is -0.772. The third kappa shape index (κ3) is 9.76. The van der Waals surface area contributed by atoms with Crippen LogP contribution in [0, 0.1) is 20.8 Å². The number of alkyl carbamates (subject to hydrolysis) is 1. The quantitative estimate of drug-likeness (QED) is 0.203. The number of thiol groups is 1. The number of carbonyl (C=O) groups excluding carboxylic acids is 3. The van der Waals surface area contributed by atoms with E-state index in [1.165, 1.54) is 0 Å². The molecule has 0 saturated heterocycles. The van der Waals surface area contributed by atoms with E-state index in [9.17, 15) is 14.4 Å². The lowest BCUT2D eigenvalue weighted by molar-refractivity contribution is -0.140. The van der Waals surface area contributed by atoms with Gasteiger partial charge in [-0.25, -0.2) is 4.79 Å². The molecule has 7 nitrogen and oxygen atoms in total. The van der Waals surface area contributed by atoms with Crippen molar-refractivity contribution >= 4 is 47.8 Å². The summed E-state index contributed by atoms with van der Waals surface area (Å²) >= 11 is 10.8. The maximum atomic E-state index is 14.0. The van der Waals surface area contributed by atoms with Crippen LogP contribution in [0.3, 0.4) is 0 Å². The molecule has 0 saturated carbocycles. The number of halogens is 1. The molecule has 0 radical (unpaired) electrons. The average Bonchev–Trinajstić information content (AvgIpc) is 2.82. The maximum Gasteiger partial charge on any atom is 0.408 e. The first-order valence-corrected chi connectivity index (χ1v) is 14.3. The van der Waals surface area contributed by atoms with Gasteiger partial charge in [-0.1, -0.05) is 72.8 Å². The Balaban J connectivity index is 2.57. The highest BCUT2D eigenvalue weighted by molar-refractivity contribution is 7.80. The lowest BCUT2D eigenvalue weighted by Crippen LogP contribution is -2.53. The number of hydrogen-bond donors (Lipinski definition) is 3. The van der Waals surface area contributed by atoms with Gasteiger partial charge in [-0.2, -0.15) is 12.6 Å². The van der Waals surface area contributed by atoms with E-state index in [0.29, 0.717) is 29.2 Å². The molecule has 214 valence electrons. The zero-order valence-corrected chi connectivity index (χ0v) is 25.7. The third-order valence-electron chi connectivity index (χ3n) is 6.05. The maximum absolute atomic E-state index is 14.0. The molecule has 2 aromatic rings. The predicted molar refractivity (Wildman–Crippen MR) is 162 cm³/mol. The van der Waals surface area contributed by atoms with E-state index in [4.69, 9.17) is 16.3 Å². The monoisotopic (exact) mass is 575 g/mol. The molecule has 39 heavy (non-hydrogen) atoms. The summed E-state index contributed by atoms with van der Waals surface area (Å²) in [7, 11) is 0. The number of aryl methyl sites for hydroxylation is 3. The van der Waals surface area contributed by atoms with Crippen molar-refractivity contribution in [3.8, 4) is 0 Å². The lowest BCUT2D eigenvalue weighted by Gasteiger charge is -2.34. The number of nitrogens with zero attached hydrogens (tertiary/aromatic N) is 1. The summed E-state index contributed by atoms with van der Waals surface area (Å²) in [6.45, 7) is 13.4. The van der Waals surface area contributed by atoms with Gasteiger partial charge in [-0.15, -0.1) is 0 Å². The summed E-state index contributed by atoms with van der Waals surface area (Å²) < 4.78 is 5.38. The number of anilines is 1. The number of rotatable bonds is 11. The second-order valence-corrected chi connectivity index (χ2v) is 11.6. The standard InChI is InChI=1S/C30H42ClN3O4S/c1-8-9-10-14-34(28(36)24(18-39)32-29(37)38-30(5,6)7)26(22-16-19(2)15-20(3)17-22)27(35)33-25-21(4)12-11-13-23(25)31/h11-13,15-17,24,26,39H,8-10,14,18H2,1-7H3,(H,32,37)(H,33,35). The van der Waals surface area contributed by atoms with Crippen LogP contribution in [-0.4, -0.2) is 46.7 Å². The molecule has 0 spiro atoms. The minimum atomic E-state index is -0.993. The molecule has 0 bridgehead atoms. The topological polar surface area (TPSA) is 87.7 Å². The van der Waals surface area contributed by atoms with Crippen LogP contribution in [0.4, 0.5) is 10.5 Å². The number of hydrogen-bond acceptors (Lipinski definition) is 5. The van der Waals surface area contributed by atoms with Crippen LogP contribution in [0.15, 0.2) is 36.4 Å². The van der Waals surface area contributed by atoms with Crippen molar-refractivity contribution in [3.05, 3.63) is 63.7 Å². The van der Waals surface area contributed by atoms with E-state index in [2.05, 4.69) is 30.2 Å². The summed E-state index contributed by atoms with van der Waals surface area (Å²) in [5, 5.41) is 6.03. The number of nitrogens with one attached hydrogen (secondary N) is 2. The van der Waals surface area contributed by atoms with Gasteiger partial charge in [-0.05, 0) is 65.2 Å². The van der Waals surface area contributed by atoms with Crippen molar-refractivity contribution in [2.45, 2.75) is 85.4 Å². The SMILES string of the molecule is CCCCCN(C(=O)C(CS)NC(=O)OC(C)(C)C)C(C(=O)Nc1c(C)cccc1Cl)c1cc(C)cc(C)c1. The van der Waals surface area contributed by atoms with Gasteiger partial charge in [0.15, 0.2) is 0 Å². The van der Waals surface area contributed by atoms with Gasteiger partial charge in [-0.3, -0.25) is 9.59 Å². The van der Waals surface area contributed by atoms with Crippen LogP contribution in [0.1, 0.15) is 75.3 Å². The van der Waals surface area contributed by atoms with Gasteiger partial charge >= 0.3 is 6.09 Å². The molecule has 0 fully saturated rings. The highest BCUT2D eigenvalue weighted by Gasteiger charge is 2.36. The summed E-state index contributed by atoms with van der Waals surface area (Å²) in [4.78, 5) is 42.2. The smallest absolute Gasteiger partial charge is 0.408 e. The van der Waals surface area contributed by atoms with E-state index in [-0.39, 0.29) is 5.75 Å². The van der Waals surface area contributed by atoms with Crippen molar-refractivity contribution in [1.29, 1.82) is 0 Å². The van der Waals surface area contributed by atoms with Crippen molar-refractivity contribution in [1.82, 2.24) is 10.2 Å². The minimum Gasteiger partial charge on any atom is -0.444 e. The molecule has 3 amide bonds. The summed E-state index contributed by atoms with van der Waals surface area (Å²) in [5.41, 5.74) is 3.18. The number of ether oxygens (including phenoxy) is 1. The number of amides is 3. The van der Waals surface area contributed by atoms with Gasteiger partial charge in [0.2, 0.25) is 5.91 Å². The van der Waals surface area contributed by atoms with Crippen LogP contribution < -0.4 is 10.6 Å². The fraction of sp³-hybridized carbons (Fsp3) is 0.500. The van der Waals surface area contributed by atoms with E-state index >= 15 is 0 Å². The summed E-state index contributed by atoms with van der Waals surface area (Å²) in [6.07, 6.45) is 1.78. The fourth-order valence-electron chi connectivity index (χ4n) is 4.36. The molecule has 2 atom stereocenters. The Bertz CT molecular complexity index is 1120. The molecule has 0 aliphatic heterocycles. The van der Waals surface area contributed by atoms with Crippen molar-refractivity contribution in [2.24, 2.45) is 0 Å². The normalized spacial score (nSPS) is 12.8. The second-order valence-electron chi connectivity index (χ2n) is 10.9. The molecule has 0 aromatic heterocycles. The first-order valence-electron chi connectivity index (χ1n) is 13.3. The molecule has 2 unspecified atom stereocenters. The van der Waals surface area contributed by atoms with Crippen LogP contribution >= 0.6 is 24.2 Å². The van der Waals surface area contributed by atoms with Crippen LogP contribution in [0.5, 0.6) is 0 Å². The second kappa shape index (κ2) is 14.6. The zero-order valence-electron chi connectivity index (χ0n) is 24.1. The van der Waals surface area contributed by atoms with E-state index in [0.717, 1.165) is 29.5 Å². The molecule has 2 aromatic carbocycles. The van der Waals surface area contributed by atoms with Gasteiger partial charge in [0.1, 0.15) is 17.7 Å². The van der Waals surface area contributed by atoms with E-state index in [1.54, 1.807) is 31.7 Å². The molecule has 0 aliphatic rings. The number of benzene rings is 2. The molecular formula is C30H42ClN3O4S. The highest BCUT2D eigenvalue weighted by atomic mass is 35.5. The lowest BCUT2D eigenvalue weighted by atomic mass is 9.98. The highest BCUT2D eigenvalue weighted by Crippen LogP contribution is 2.30. The van der Waals surface area contributed by atoms with Crippen molar-refractivity contribution < 1.29 is 19.1 Å². The Morgan fingerprint density at radius 1 is 1.05 bits per heavy atom. The van der Waals surface area contributed by atoms with Gasteiger partial charge in [0.25, 0.3) is 5.91 Å². The van der Waals surface area contributed by atoms with E-state index < -0.39 is 35.6 Å². The first-order chi connectivity index (χ1) is 18.3. The number of carbonyl (C=O) groups is 3. The fourth-order valence-corrected chi connectivity index (χ4v) is 4.87. The Morgan fingerprint density at radius 3 is 2.23 bits per heavy atom. The summed E-state index contributed by atoms with van der Waals surface area (Å²) in [6, 6.07) is 9.26. The van der Waals surface area contributed by atoms with E-state index in [1.807, 2.05) is 51.1 Å². The van der Waals surface area contributed by atoms with Crippen LogP contribution in [0.25, 0.3) is 0 Å². The minimum absolute atomic E-state index is 0.0349. The average molecular weight is 576 g/mol. The third-order valence-corrected chi connectivity index (χ3v) is 6.73. The Labute approximate surface area is 243 Å². The molecule has 0 heterocycles. The zero-order chi connectivity index (χ0) is 29.3. The van der Waals surface area contributed by atoms with Crippen LogP contribution in [-0.2, 0) is 14.3 Å². The number of unbranched alkanes of at least 4 members (excludes halogenated alkanes) is 2. The Kier molecular flexibility index (Phi) is 12.2. The molecule has 0 aliphatic carbocycles. The van der Waals surface area contributed by atoms with Crippen molar-refractivity contribution in [3.63, 3.8) is 0 Å². The molecule has 9 heteroatoms. The van der Waals surface area contributed by atoms with Gasteiger partial charge in [0, 0.05) is 12.3 Å². The first kappa shape index (κ1) is 32.5. The largest absolute Gasteiger partial charge is 0.444 e. The molecule has 2 N–H and O–H groups in total. The predicted octanol–water partition coefficient (Wildman–Crippen LogP) is 6.79. The van der Waals surface area contributed by atoms with Gasteiger partial charge in [0.05, 0.1) is 10.7 Å². The Morgan fingerprint density at radius 2 is 1.69 bits per heavy atom. The Hall–Kier alpha value is -2.71. The van der Waals surface area contributed by atoms with Crippen LogP contribution in [0.2, 0.25) is 5.02 Å². The molecule has 2 rings (SSSR count). The molecular weight excluding hydrogens is 534 g/mol. The number of para-hydroxylation sites is 1. The van der Waals surface area contributed by atoms with Gasteiger partial charge < -0.3 is 20.3 Å². The van der Waals surface area contributed by atoms with Crippen molar-refractivity contribution in [2.75, 3.05) is 17.6 Å².